The molecule has 16 nitrogen and oxygen atoms in total. The molecule has 1 amide bonds. The van der Waals surface area contributed by atoms with E-state index in [1.807, 2.05) is 57.7 Å². The van der Waals surface area contributed by atoms with Crippen molar-refractivity contribution in [3.8, 4) is 0 Å². The van der Waals surface area contributed by atoms with Gasteiger partial charge in [-0.25, -0.2) is 0 Å². The molecule has 16 heteroatoms. The Labute approximate surface area is 470 Å². The molecular weight excluding hydrogens is 995 g/mol. The summed E-state index contributed by atoms with van der Waals surface area (Å²) in [5.74, 6) is -2.92. The van der Waals surface area contributed by atoms with Crippen LogP contribution in [0.5, 0.6) is 0 Å². The molecule has 0 unspecified atom stereocenters. The Morgan fingerprint density at radius 2 is 1.36 bits per heavy atom. The van der Waals surface area contributed by atoms with Gasteiger partial charge in [-0.1, -0.05) is 101 Å². The number of cyclic esters (lactones) is 1. The van der Waals surface area contributed by atoms with E-state index < -0.39 is 96.0 Å². The highest BCUT2D eigenvalue weighted by Crippen LogP contribution is 2.40. The number of ether oxygens (including phenoxy) is 6. The maximum Gasteiger partial charge on any atom is 0.311 e. The van der Waals surface area contributed by atoms with Gasteiger partial charge in [0.25, 0.3) is 0 Å². The first kappa shape index (κ1) is 69.2. The Balaban J connectivity index is 1.79. The van der Waals surface area contributed by atoms with Crippen molar-refractivity contribution in [2.24, 2.45) is 17.8 Å². The number of aliphatic hydroxyl groups excluding tert-OH is 3. The van der Waals surface area contributed by atoms with E-state index >= 15 is 0 Å². The van der Waals surface area contributed by atoms with Crippen molar-refractivity contribution < 1.29 is 63.5 Å². The average Bonchev–Trinajstić information content (AvgIpc) is 3.38. The van der Waals surface area contributed by atoms with Crippen LogP contribution in [0, 0.1) is 17.8 Å². The van der Waals surface area contributed by atoms with Gasteiger partial charge in [-0.15, -0.1) is 0 Å². The molecule has 0 radical (unpaired) electrons. The number of hydrogen-bond acceptors (Lipinski definition) is 15. The summed E-state index contributed by atoms with van der Waals surface area (Å²) in [7, 11) is 5.27. The van der Waals surface area contributed by atoms with Crippen molar-refractivity contribution in [1.82, 2.24) is 15.1 Å². The van der Waals surface area contributed by atoms with Crippen LogP contribution < -0.4 is 5.32 Å². The van der Waals surface area contributed by atoms with Crippen LogP contribution in [0.15, 0.2) is 72.9 Å². The molecule has 0 aromatic carbocycles. The third kappa shape index (κ3) is 21.7. The van der Waals surface area contributed by atoms with Gasteiger partial charge in [0, 0.05) is 57.6 Å². The van der Waals surface area contributed by atoms with Crippen molar-refractivity contribution in [2.45, 2.75) is 250 Å². The van der Waals surface area contributed by atoms with Crippen LogP contribution >= 0.6 is 0 Å². The van der Waals surface area contributed by atoms with E-state index in [2.05, 4.69) is 79.1 Å². The number of allylic oxidation sites excluding steroid dienone is 12. The number of amides is 1. The number of aliphatic hydroxyl groups is 5. The molecule has 0 aromatic rings. The lowest BCUT2D eigenvalue weighted by molar-refractivity contribution is -0.318. The molecule has 78 heavy (non-hydrogen) atoms. The number of esters is 1. The smallest absolute Gasteiger partial charge is 0.311 e. The van der Waals surface area contributed by atoms with Gasteiger partial charge in [0.15, 0.2) is 12.6 Å². The summed E-state index contributed by atoms with van der Waals surface area (Å²) in [5.41, 5.74) is -4.62. The van der Waals surface area contributed by atoms with Crippen LogP contribution in [-0.2, 0) is 38.0 Å². The van der Waals surface area contributed by atoms with Crippen molar-refractivity contribution in [1.29, 1.82) is 0 Å². The van der Waals surface area contributed by atoms with Crippen LogP contribution in [0.1, 0.15) is 160 Å². The lowest BCUT2D eigenvalue weighted by Gasteiger charge is -2.48. The number of rotatable bonds is 25. The Kier molecular flexibility index (Phi) is 30.5. The van der Waals surface area contributed by atoms with Gasteiger partial charge in [-0.05, 0) is 139 Å². The van der Waals surface area contributed by atoms with Crippen molar-refractivity contribution in [3.05, 3.63) is 72.9 Å². The van der Waals surface area contributed by atoms with E-state index in [1.54, 1.807) is 34.6 Å². The molecule has 6 N–H and O–H groups in total. The zero-order chi connectivity index (χ0) is 58.2. The van der Waals surface area contributed by atoms with E-state index in [9.17, 15) is 35.1 Å². The molecule has 18 atom stereocenters. The normalized spacial score (nSPS) is 37.6. The van der Waals surface area contributed by atoms with E-state index in [4.69, 9.17) is 28.4 Å². The third-order valence-corrected chi connectivity index (χ3v) is 16.1. The van der Waals surface area contributed by atoms with Gasteiger partial charge in [0.2, 0.25) is 5.91 Å². The summed E-state index contributed by atoms with van der Waals surface area (Å²) in [6.45, 7) is 20.9. The number of likely N-dealkylation sites (N-methyl/N-ethyl adjacent to an activating group) is 1. The minimum atomic E-state index is -1.91. The molecule has 3 saturated heterocycles. The van der Waals surface area contributed by atoms with E-state index in [0.29, 0.717) is 45.3 Å². The number of carbonyl (C=O) groups is 2. The highest BCUT2D eigenvalue weighted by Gasteiger charge is 2.53. The molecule has 0 aliphatic carbocycles. The largest absolute Gasteiger partial charge is 0.459 e. The van der Waals surface area contributed by atoms with Gasteiger partial charge in [0.1, 0.15) is 30.0 Å². The summed E-state index contributed by atoms with van der Waals surface area (Å²) in [4.78, 5) is 31.5. The van der Waals surface area contributed by atoms with Crippen LogP contribution in [0.4, 0.5) is 0 Å². The molecule has 3 fully saturated rings. The lowest BCUT2D eigenvalue weighted by atomic mass is 9.77. The standard InChI is InChI=1S/C62H107N3O13/c1-15-17-18-19-20-21-22-23-24-25-26-27-28-29-30-31-32-33-34-36-51(66)63-37-35-38-65-42-43(3)40-60(9,71)57(78-59-53(67)49(64(12)13)39-44(4)74-59)45(5)54(77-52-41-61(10,73-14)56(69)48(8)75-52)46(6)58(70)76-50(16-2)62(11,72)55(68)47(65)7/h17-18,20-21,23-24,26-27,29-30,32-33,43-50,52-57,59,67-69,71-72H,15-16,19,22,25,28,31,34-42H2,1-14H3,(H,63,66)/t43-,44-,45+,46-,47-,48+,49+,50-,52+,53-,54+,55-,56+,57-,59+,60-,61-,62-/m1/s1. The molecule has 448 valence electrons. The van der Waals surface area contributed by atoms with Crippen LogP contribution in [0.2, 0.25) is 0 Å². The minimum Gasteiger partial charge on any atom is -0.459 e. The average molecular weight is 1100 g/mol. The van der Waals surface area contributed by atoms with Gasteiger partial charge in [-0.2, -0.15) is 0 Å². The molecule has 3 aliphatic rings. The zero-order valence-electron chi connectivity index (χ0n) is 50.3. The summed E-state index contributed by atoms with van der Waals surface area (Å²) >= 11 is 0. The van der Waals surface area contributed by atoms with Gasteiger partial charge < -0.3 is 64.2 Å². The topological polar surface area (TPSA) is 209 Å². The van der Waals surface area contributed by atoms with Gasteiger partial charge in [-0.3, -0.25) is 14.5 Å². The number of methoxy groups -OCH3 is 1. The number of nitrogens with one attached hydrogen (secondary N) is 1. The summed E-state index contributed by atoms with van der Waals surface area (Å²) in [6, 6.07) is -0.983. The van der Waals surface area contributed by atoms with E-state index in [0.717, 1.165) is 38.5 Å². The summed E-state index contributed by atoms with van der Waals surface area (Å²) in [5, 5.41) is 63.2. The predicted molar refractivity (Wildman–Crippen MR) is 308 cm³/mol. The second kappa shape index (κ2) is 34.4. The quantitative estimate of drug-likeness (QED) is 0.0289. The molecule has 3 heterocycles. The lowest BCUT2D eigenvalue weighted by Crippen LogP contribution is -2.60. The van der Waals surface area contributed by atoms with E-state index in [-0.39, 0.29) is 43.2 Å². The summed E-state index contributed by atoms with van der Waals surface area (Å²) in [6.07, 6.45) is 24.0. The Morgan fingerprint density at radius 1 is 0.795 bits per heavy atom. The zero-order valence-corrected chi connectivity index (χ0v) is 50.3. The monoisotopic (exact) mass is 1100 g/mol. The van der Waals surface area contributed by atoms with Crippen molar-refractivity contribution in [2.75, 3.05) is 40.8 Å². The highest BCUT2D eigenvalue weighted by molar-refractivity contribution is 5.76. The third-order valence-electron chi connectivity index (χ3n) is 16.1. The highest BCUT2D eigenvalue weighted by atomic mass is 16.7. The second-order valence-corrected chi connectivity index (χ2v) is 23.4. The predicted octanol–water partition coefficient (Wildman–Crippen LogP) is 8.26. The first-order valence-electron chi connectivity index (χ1n) is 29.3. The SMILES string of the molecule is CCC=CCC=CCC=CCC=CCC=CCC=CCCC(=O)NCCCN1C[C@H](C)C[C@@](C)(O)[C@H](O[C@@H]2O[C@H](C)C[C@H](N(C)C)[C@H]2O)[C@@H](C)[C@H](O[C@H]2C[C@@](C)(OC)[C@@H](O)[C@H](C)O2)[C@@H](C)C(=O)O[C@H](CC)[C@@](C)(O)[C@H](O)[C@H]1C. The number of hydrogen-bond donors (Lipinski definition) is 6. The fraction of sp³-hybridized carbons (Fsp3) is 0.774. The van der Waals surface area contributed by atoms with Crippen molar-refractivity contribution >= 4 is 11.9 Å². The second-order valence-electron chi connectivity index (χ2n) is 23.4. The summed E-state index contributed by atoms with van der Waals surface area (Å²) < 4.78 is 38.2. The number of carbonyl (C=O) groups excluding carboxylic acids is 2. The molecular formula is C62H107N3O13. The fourth-order valence-corrected chi connectivity index (χ4v) is 11.4. The van der Waals surface area contributed by atoms with Crippen LogP contribution in [0.3, 0.4) is 0 Å². The van der Waals surface area contributed by atoms with Gasteiger partial charge in [0.05, 0.1) is 41.5 Å². The molecule has 0 spiro atoms. The minimum absolute atomic E-state index is 0.0652. The maximum absolute atomic E-state index is 14.6. The first-order valence-corrected chi connectivity index (χ1v) is 29.3. The molecule has 0 saturated carbocycles. The van der Waals surface area contributed by atoms with Crippen LogP contribution in [0.25, 0.3) is 0 Å². The molecule has 0 aromatic heterocycles. The first-order chi connectivity index (χ1) is 36.8. The Morgan fingerprint density at radius 3 is 1.90 bits per heavy atom. The van der Waals surface area contributed by atoms with Crippen molar-refractivity contribution in [3.63, 3.8) is 0 Å². The Bertz CT molecular complexity index is 1920. The molecule has 3 aliphatic heterocycles. The maximum atomic E-state index is 14.6. The van der Waals surface area contributed by atoms with E-state index in [1.165, 1.54) is 14.0 Å². The number of nitrogens with zero attached hydrogens (tertiary/aromatic N) is 2. The molecule has 0 bridgehead atoms. The van der Waals surface area contributed by atoms with Gasteiger partial charge >= 0.3 is 5.97 Å². The fourth-order valence-electron chi connectivity index (χ4n) is 11.4. The molecule has 3 rings (SSSR count). The Hall–Kier alpha value is -3.10. The van der Waals surface area contributed by atoms with Crippen LogP contribution in [-0.4, -0.2) is 178 Å².